The molecule has 0 bridgehead atoms. The number of halogens is 1. The summed E-state index contributed by atoms with van der Waals surface area (Å²) in [5.74, 6) is -0.293. The van der Waals surface area contributed by atoms with Crippen LogP contribution in [0.1, 0.15) is 46.4 Å². The summed E-state index contributed by atoms with van der Waals surface area (Å²) in [6, 6.07) is 10.6. The molecule has 2 aromatic carbocycles. The average molecular weight is 409 g/mol. The number of aryl methyl sites for hydroxylation is 2. The smallest absolute Gasteiger partial charge is 0.253 e. The highest BCUT2D eigenvalue weighted by atomic mass is 35.5. The van der Waals surface area contributed by atoms with Crippen LogP contribution in [0.25, 0.3) is 0 Å². The maximum Gasteiger partial charge on any atom is 0.253 e. The third-order valence-electron chi connectivity index (χ3n) is 4.71. The summed E-state index contributed by atoms with van der Waals surface area (Å²) in [6.07, 6.45) is 1.84. The predicted molar refractivity (Wildman–Crippen MR) is 111 cm³/mol. The van der Waals surface area contributed by atoms with E-state index in [1.165, 1.54) is 24.2 Å². The van der Waals surface area contributed by atoms with Gasteiger partial charge in [-0.3, -0.25) is 9.10 Å². The Morgan fingerprint density at radius 3 is 2.33 bits per heavy atom. The molecular weight excluding hydrogens is 384 g/mol. The van der Waals surface area contributed by atoms with E-state index in [9.17, 15) is 13.2 Å². The molecule has 0 saturated carbocycles. The Labute approximate surface area is 166 Å². The second kappa shape index (κ2) is 8.31. The molecule has 0 aliphatic carbocycles. The van der Waals surface area contributed by atoms with Gasteiger partial charge in [-0.2, -0.15) is 0 Å². The van der Waals surface area contributed by atoms with Crippen molar-refractivity contribution in [1.29, 1.82) is 0 Å². The summed E-state index contributed by atoms with van der Waals surface area (Å²) < 4.78 is 24.4. The van der Waals surface area contributed by atoms with Gasteiger partial charge in [0.05, 0.1) is 28.6 Å². The number of anilines is 1. The average Bonchev–Trinajstić information content (AvgIpc) is 2.60. The first-order valence-corrected chi connectivity index (χ1v) is 10.9. The molecular formula is C20H25ClN2O3S. The van der Waals surface area contributed by atoms with Gasteiger partial charge in [0.1, 0.15) is 0 Å². The van der Waals surface area contributed by atoms with Crippen LogP contribution in [-0.4, -0.2) is 27.6 Å². The van der Waals surface area contributed by atoms with Gasteiger partial charge in [0.25, 0.3) is 5.91 Å². The van der Waals surface area contributed by atoms with Gasteiger partial charge >= 0.3 is 0 Å². The lowest BCUT2D eigenvalue weighted by Crippen LogP contribution is -2.29. The molecule has 2 aromatic rings. The van der Waals surface area contributed by atoms with Gasteiger partial charge in [-0.25, -0.2) is 8.42 Å². The largest absolute Gasteiger partial charge is 0.345 e. The van der Waals surface area contributed by atoms with Gasteiger partial charge in [0.2, 0.25) is 10.0 Å². The zero-order valence-corrected chi connectivity index (χ0v) is 17.8. The van der Waals surface area contributed by atoms with Crippen molar-refractivity contribution in [3.8, 4) is 0 Å². The monoisotopic (exact) mass is 408 g/mol. The molecule has 7 heteroatoms. The first-order chi connectivity index (χ1) is 12.5. The van der Waals surface area contributed by atoms with Crippen molar-refractivity contribution in [2.24, 2.45) is 0 Å². The van der Waals surface area contributed by atoms with E-state index in [0.717, 1.165) is 22.5 Å². The van der Waals surface area contributed by atoms with Crippen LogP contribution in [0.2, 0.25) is 5.02 Å². The fraction of sp³-hybridized carbons (Fsp3) is 0.350. The molecule has 146 valence electrons. The molecule has 27 heavy (non-hydrogen) atoms. The molecule has 0 unspecified atom stereocenters. The first kappa shape index (κ1) is 21.3. The Balaban J connectivity index is 2.25. The lowest BCUT2D eigenvalue weighted by Gasteiger charge is -2.20. The number of sulfonamides is 1. The van der Waals surface area contributed by atoms with E-state index in [1.807, 2.05) is 32.9 Å². The van der Waals surface area contributed by atoms with Crippen molar-refractivity contribution in [2.45, 2.75) is 33.2 Å². The zero-order valence-electron chi connectivity index (χ0n) is 16.2. The Kier molecular flexibility index (Phi) is 6.54. The van der Waals surface area contributed by atoms with Crippen LogP contribution in [0.5, 0.6) is 0 Å². The third-order valence-corrected chi connectivity index (χ3v) is 6.22. The number of benzene rings is 2. The van der Waals surface area contributed by atoms with Crippen LogP contribution in [0.15, 0.2) is 36.4 Å². The number of carbonyl (C=O) groups excluding carboxylic acids is 1. The molecule has 0 saturated heterocycles. The van der Waals surface area contributed by atoms with E-state index < -0.39 is 10.0 Å². The van der Waals surface area contributed by atoms with Crippen LogP contribution in [0.3, 0.4) is 0 Å². The van der Waals surface area contributed by atoms with Crippen LogP contribution in [0, 0.1) is 13.8 Å². The number of rotatable bonds is 6. The summed E-state index contributed by atoms with van der Waals surface area (Å²) in [5, 5.41) is 3.21. The third kappa shape index (κ3) is 5.02. The highest BCUT2D eigenvalue weighted by molar-refractivity contribution is 7.92. The summed E-state index contributed by atoms with van der Waals surface area (Å²) >= 11 is 6.25. The lowest BCUT2D eigenvalue weighted by molar-refractivity contribution is 0.0935. The first-order valence-electron chi connectivity index (χ1n) is 8.66. The van der Waals surface area contributed by atoms with Crippen molar-refractivity contribution in [3.63, 3.8) is 0 Å². The Bertz CT molecular complexity index is 958. The molecule has 0 spiro atoms. The van der Waals surface area contributed by atoms with Crippen molar-refractivity contribution >= 4 is 33.2 Å². The summed E-state index contributed by atoms with van der Waals surface area (Å²) in [6.45, 7) is 6.10. The van der Waals surface area contributed by atoms with E-state index >= 15 is 0 Å². The van der Waals surface area contributed by atoms with Gasteiger partial charge in [-0.05, 0) is 55.2 Å². The molecule has 0 fully saturated rings. The van der Waals surface area contributed by atoms with Crippen molar-refractivity contribution in [1.82, 2.24) is 5.32 Å². The molecule has 1 atom stereocenters. The maximum atomic E-state index is 12.7. The van der Waals surface area contributed by atoms with Crippen LogP contribution in [-0.2, 0) is 10.0 Å². The van der Waals surface area contributed by atoms with Gasteiger partial charge < -0.3 is 5.32 Å². The highest BCUT2D eigenvalue weighted by Crippen LogP contribution is 2.26. The van der Waals surface area contributed by atoms with E-state index in [-0.39, 0.29) is 17.0 Å². The number of hydrogen-bond acceptors (Lipinski definition) is 3. The van der Waals surface area contributed by atoms with Crippen LogP contribution < -0.4 is 9.62 Å². The van der Waals surface area contributed by atoms with Crippen LogP contribution >= 0.6 is 11.6 Å². The molecule has 1 amide bonds. The van der Waals surface area contributed by atoms with E-state index in [2.05, 4.69) is 11.4 Å². The van der Waals surface area contributed by atoms with Crippen molar-refractivity contribution in [3.05, 3.63) is 63.7 Å². The second-order valence-corrected chi connectivity index (χ2v) is 9.09. The molecule has 1 N–H and O–H groups in total. The summed E-state index contributed by atoms with van der Waals surface area (Å²) in [4.78, 5) is 12.7. The Morgan fingerprint density at radius 2 is 1.81 bits per heavy atom. The summed E-state index contributed by atoms with van der Waals surface area (Å²) in [7, 11) is -1.96. The zero-order chi connectivity index (χ0) is 20.4. The lowest BCUT2D eigenvalue weighted by atomic mass is 9.99. The van der Waals surface area contributed by atoms with Gasteiger partial charge in [0.15, 0.2) is 0 Å². The van der Waals surface area contributed by atoms with Gasteiger partial charge in [-0.1, -0.05) is 36.7 Å². The standard InChI is InChI=1S/C20H25ClN2O3S/c1-6-19(15-8-7-13(2)14(3)11-15)22-20(24)17-10-9-16(12-18(17)21)23(4)27(5,25)26/h7-12,19H,6H2,1-5H3,(H,22,24)/t19-/m1/s1. The SMILES string of the molecule is CC[C@@H](NC(=O)c1ccc(N(C)S(C)(=O)=O)cc1Cl)c1ccc(C)c(C)c1. The Hall–Kier alpha value is -2.05. The molecule has 2 rings (SSSR count). The van der Waals surface area contributed by atoms with Gasteiger partial charge in [0, 0.05) is 7.05 Å². The number of nitrogens with zero attached hydrogens (tertiary/aromatic N) is 1. The fourth-order valence-corrected chi connectivity index (χ4v) is 3.47. The second-order valence-electron chi connectivity index (χ2n) is 6.67. The number of hydrogen-bond donors (Lipinski definition) is 1. The minimum absolute atomic E-state index is 0.133. The molecule has 0 radical (unpaired) electrons. The van der Waals surface area contributed by atoms with Crippen molar-refractivity contribution in [2.75, 3.05) is 17.6 Å². The van der Waals surface area contributed by atoms with Gasteiger partial charge in [-0.15, -0.1) is 0 Å². The minimum Gasteiger partial charge on any atom is -0.345 e. The number of nitrogens with one attached hydrogen (secondary N) is 1. The van der Waals surface area contributed by atoms with E-state index in [0.29, 0.717) is 11.3 Å². The fourth-order valence-electron chi connectivity index (χ4n) is 2.71. The highest BCUT2D eigenvalue weighted by Gasteiger charge is 2.19. The molecule has 0 aromatic heterocycles. The van der Waals surface area contributed by atoms with Crippen LogP contribution in [0.4, 0.5) is 5.69 Å². The minimum atomic E-state index is -3.40. The quantitative estimate of drug-likeness (QED) is 0.777. The maximum absolute atomic E-state index is 12.7. The number of amides is 1. The number of carbonyl (C=O) groups is 1. The topological polar surface area (TPSA) is 66.5 Å². The predicted octanol–water partition coefficient (Wildman–Crippen LogP) is 4.23. The molecule has 0 aliphatic rings. The molecule has 0 heterocycles. The molecule has 0 aliphatic heterocycles. The van der Waals surface area contributed by atoms with E-state index in [1.54, 1.807) is 12.1 Å². The van der Waals surface area contributed by atoms with Crippen molar-refractivity contribution < 1.29 is 13.2 Å². The Morgan fingerprint density at radius 1 is 1.15 bits per heavy atom. The van der Waals surface area contributed by atoms with E-state index in [4.69, 9.17) is 11.6 Å². The normalized spacial score (nSPS) is 12.5. The molecule has 5 nitrogen and oxygen atoms in total. The summed E-state index contributed by atoms with van der Waals surface area (Å²) in [5.41, 5.74) is 4.13.